The fourth-order valence-electron chi connectivity index (χ4n) is 6.52. The highest BCUT2D eigenvalue weighted by Crippen LogP contribution is 2.47. The highest BCUT2D eigenvalue weighted by molar-refractivity contribution is 7.86. The number of carbonyl (C=O) groups is 1. The van der Waals surface area contributed by atoms with Crippen LogP contribution in [0.25, 0.3) is 6.08 Å². The van der Waals surface area contributed by atoms with E-state index in [1.54, 1.807) is 19.0 Å². The molecule has 0 aromatic heterocycles. The van der Waals surface area contributed by atoms with Crippen LogP contribution in [0.4, 0.5) is 19.3 Å². The highest BCUT2D eigenvalue weighted by atomic mass is 32.2. The van der Waals surface area contributed by atoms with E-state index < -0.39 is 28.0 Å². The molecule has 2 fully saturated rings. The van der Waals surface area contributed by atoms with Gasteiger partial charge in [-0.25, -0.2) is 13.6 Å². The number of aliphatic hydroxyl groups excluding tert-OH is 1. The molecular weight excluding hydrogens is 536 g/mol. The minimum atomic E-state index is -1.07. The molecule has 4 aliphatic heterocycles. The van der Waals surface area contributed by atoms with Crippen LogP contribution in [0.2, 0.25) is 0 Å². The zero-order valence-corrected chi connectivity index (χ0v) is 23.4. The molecule has 40 heavy (non-hydrogen) atoms. The predicted octanol–water partition coefficient (Wildman–Crippen LogP) is 3.04. The summed E-state index contributed by atoms with van der Waals surface area (Å²) in [6.07, 6.45) is 4.47. The summed E-state index contributed by atoms with van der Waals surface area (Å²) >= 11 is 0. The number of aliphatic hydroxyl groups is 1. The smallest absolute Gasteiger partial charge is 0.323 e. The number of hydrogen-bond donors (Lipinski definition) is 2. The summed E-state index contributed by atoms with van der Waals surface area (Å²) in [4.78, 5) is 18.1. The van der Waals surface area contributed by atoms with Gasteiger partial charge in [0.15, 0.2) is 17.5 Å². The first-order chi connectivity index (χ1) is 19.1. The van der Waals surface area contributed by atoms with E-state index >= 15 is 0 Å². The molecule has 212 valence electrons. The number of benzene rings is 2. The maximum atomic E-state index is 14.4. The summed E-state index contributed by atoms with van der Waals surface area (Å²) in [5.41, 5.74) is 6.05. The Labute approximate surface area is 234 Å². The molecule has 0 aliphatic carbocycles. The van der Waals surface area contributed by atoms with Crippen LogP contribution < -0.4 is 10.3 Å². The van der Waals surface area contributed by atoms with E-state index in [9.17, 15) is 22.9 Å². The van der Waals surface area contributed by atoms with E-state index in [0.717, 1.165) is 47.4 Å². The average molecular weight is 570 g/mol. The van der Waals surface area contributed by atoms with Gasteiger partial charge in [-0.2, -0.15) is 5.10 Å². The van der Waals surface area contributed by atoms with Crippen molar-refractivity contribution in [3.8, 4) is 0 Å². The van der Waals surface area contributed by atoms with Gasteiger partial charge in [-0.05, 0) is 71.9 Å². The number of nitrogens with zero attached hydrogens (tertiary/aromatic N) is 4. The van der Waals surface area contributed by atoms with E-state index in [0.29, 0.717) is 42.4 Å². The van der Waals surface area contributed by atoms with Crippen LogP contribution in [0.1, 0.15) is 29.5 Å². The third-order valence-corrected chi connectivity index (χ3v) is 10.4. The molecule has 2 N–H and O–H groups in total. The van der Waals surface area contributed by atoms with Crippen LogP contribution in [0.5, 0.6) is 0 Å². The fraction of sp³-hybridized carbons (Fsp3) is 0.448. The molecule has 0 bridgehead atoms. The normalized spacial score (nSPS) is 28.4. The quantitative estimate of drug-likeness (QED) is 0.594. The van der Waals surface area contributed by atoms with Crippen LogP contribution in [-0.4, -0.2) is 82.8 Å². The lowest BCUT2D eigenvalue weighted by Gasteiger charge is -2.57. The molecule has 6 rings (SSSR count). The average Bonchev–Trinajstić information content (AvgIpc) is 2.92. The van der Waals surface area contributed by atoms with Gasteiger partial charge in [-0.1, -0.05) is 12.1 Å². The number of fused-ring (bicyclic) bond motifs is 2. The van der Waals surface area contributed by atoms with Gasteiger partial charge in [-0.15, -0.1) is 0 Å². The van der Waals surface area contributed by atoms with Gasteiger partial charge in [0.2, 0.25) is 0 Å². The first-order valence-corrected chi connectivity index (χ1v) is 15.0. The van der Waals surface area contributed by atoms with Crippen LogP contribution in [0.3, 0.4) is 0 Å². The van der Waals surface area contributed by atoms with E-state index in [4.69, 9.17) is 0 Å². The van der Waals surface area contributed by atoms with Crippen LogP contribution >= 0.6 is 0 Å². The number of carbonyl (C=O) groups excluding carboxylic acids is 1. The summed E-state index contributed by atoms with van der Waals surface area (Å²) in [5, 5.41) is 15.4. The van der Waals surface area contributed by atoms with Crippen molar-refractivity contribution in [3.05, 3.63) is 70.3 Å². The first kappa shape index (κ1) is 26.9. The summed E-state index contributed by atoms with van der Waals surface area (Å²) in [6, 6.07) is 9.76. The lowest BCUT2D eigenvalue weighted by atomic mass is 9.75. The maximum Gasteiger partial charge on any atom is 0.323 e. The Hall–Kier alpha value is -3.31. The topological polar surface area (TPSA) is 88.5 Å². The van der Waals surface area contributed by atoms with Crippen molar-refractivity contribution >= 4 is 34.4 Å². The first-order valence-electron chi connectivity index (χ1n) is 13.5. The van der Waals surface area contributed by atoms with Gasteiger partial charge in [0.05, 0.1) is 13.2 Å². The van der Waals surface area contributed by atoms with Crippen LogP contribution in [-0.2, 0) is 22.8 Å². The Bertz CT molecular complexity index is 1450. The lowest BCUT2D eigenvalue weighted by Crippen LogP contribution is -2.68. The number of hydrogen-bond acceptors (Lipinski definition) is 6. The van der Waals surface area contributed by atoms with Gasteiger partial charge >= 0.3 is 6.03 Å². The lowest BCUT2D eigenvalue weighted by molar-refractivity contribution is 0.0366. The molecule has 2 amide bonds. The molecule has 2 aromatic carbocycles. The van der Waals surface area contributed by atoms with Crippen molar-refractivity contribution in [2.24, 2.45) is 10.5 Å². The number of piperidine rings is 1. The largest absolute Gasteiger partial charge is 0.393 e. The van der Waals surface area contributed by atoms with Crippen molar-refractivity contribution in [3.63, 3.8) is 0 Å². The van der Waals surface area contributed by atoms with Crippen molar-refractivity contribution in [1.29, 1.82) is 0 Å². The molecule has 4 heterocycles. The zero-order valence-electron chi connectivity index (χ0n) is 22.6. The molecule has 0 saturated carbocycles. The number of nitrogens with one attached hydrogen (secondary N) is 1. The predicted molar refractivity (Wildman–Crippen MR) is 151 cm³/mol. The second-order valence-electron chi connectivity index (χ2n) is 11.6. The van der Waals surface area contributed by atoms with Gasteiger partial charge < -0.3 is 20.3 Å². The van der Waals surface area contributed by atoms with E-state index in [1.807, 2.05) is 21.9 Å². The standard InChI is InChI=1S/C29H33F2N5O3S/c1-34(2)27(38)35-9-3-4-20-10-19(5-8-25(20)35)11-21-13-28(17-40(39)18-28)15-36-26(21)33-32-14-29(36,16-37)22-6-7-23(30)24(31)12-22/h5-8,10-12,32,37H,3-4,9,13-18H2,1-2H3/b21-11+. The van der Waals surface area contributed by atoms with E-state index in [1.165, 1.54) is 6.07 Å². The van der Waals surface area contributed by atoms with Crippen molar-refractivity contribution < 1.29 is 22.9 Å². The Balaban J connectivity index is 1.41. The van der Waals surface area contributed by atoms with Gasteiger partial charge in [0, 0.05) is 60.6 Å². The SMILES string of the molecule is CN(C)C(=O)N1CCCc2cc(/C=C3\CC4(CN5C3=NNCC5(CO)c3ccc(F)c(F)c3)CS(=O)C4)ccc21. The minimum absolute atomic E-state index is 0.0462. The fourth-order valence-corrected chi connectivity index (χ4v) is 8.19. The summed E-state index contributed by atoms with van der Waals surface area (Å²) < 4.78 is 40.5. The van der Waals surface area contributed by atoms with Crippen LogP contribution in [0, 0.1) is 17.0 Å². The number of aryl methyl sites for hydroxylation is 1. The molecule has 4 aliphatic rings. The van der Waals surface area contributed by atoms with Crippen molar-refractivity contribution in [2.75, 3.05) is 56.7 Å². The number of halogens is 2. The summed E-state index contributed by atoms with van der Waals surface area (Å²) in [7, 11) is 2.58. The Morgan fingerprint density at radius 1 is 1.20 bits per heavy atom. The summed E-state index contributed by atoms with van der Waals surface area (Å²) in [6.45, 7) is 1.04. The Morgan fingerprint density at radius 2 is 2.00 bits per heavy atom. The molecule has 2 aromatic rings. The third kappa shape index (κ3) is 4.39. The second kappa shape index (κ2) is 9.95. The number of hydrazone groups is 1. The second-order valence-corrected chi connectivity index (χ2v) is 13.0. The van der Waals surface area contributed by atoms with Crippen LogP contribution in [0.15, 0.2) is 47.1 Å². The van der Waals surface area contributed by atoms with Gasteiger partial charge in [0.1, 0.15) is 5.54 Å². The summed E-state index contributed by atoms with van der Waals surface area (Å²) in [5.74, 6) is -0.218. The number of amidine groups is 1. The van der Waals surface area contributed by atoms with Gasteiger partial charge in [-0.3, -0.25) is 9.11 Å². The molecule has 8 nitrogen and oxygen atoms in total. The number of rotatable bonds is 3. The minimum Gasteiger partial charge on any atom is -0.393 e. The molecular formula is C29H33F2N5O3S. The highest BCUT2D eigenvalue weighted by Gasteiger charge is 2.54. The van der Waals surface area contributed by atoms with E-state index in [-0.39, 0.29) is 24.6 Å². The third-order valence-electron chi connectivity index (χ3n) is 8.50. The zero-order chi connectivity index (χ0) is 28.2. The van der Waals surface area contributed by atoms with Gasteiger partial charge in [0.25, 0.3) is 0 Å². The molecule has 11 heteroatoms. The molecule has 1 unspecified atom stereocenters. The molecule has 1 atom stereocenters. The van der Waals surface area contributed by atoms with Crippen molar-refractivity contribution in [1.82, 2.24) is 15.2 Å². The van der Waals surface area contributed by atoms with Crippen molar-refractivity contribution in [2.45, 2.75) is 24.8 Å². The Kier molecular flexibility index (Phi) is 6.69. The molecule has 1 spiro atoms. The molecule has 2 saturated heterocycles. The maximum absolute atomic E-state index is 14.4. The number of urea groups is 1. The number of amides is 2. The monoisotopic (exact) mass is 569 g/mol. The van der Waals surface area contributed by atoms with E-state index in [2.05, 4.69) is 22.7 Å². The molecule has 0 radical (unpaired) electrons. The Morgan fingerprint density at radius 3 is 2.70 bits per heavy atom. The number of anilines is 1.